The van der Waals surface area contributed by atoms with Crippen molar-refractivity contribution in [1.29, 1.82) is 5.26 Å². The van der Waals surface area contributed by atoms with Crippen LogP contribution in [0.4, 0.5) is 0 Å². The smallest absolute Gasteiger partial charge is 0.240 e. The third kappa shape index (κ3) is 5.66. The fourth-order valence-corrected chi connectivity index (χ4v) is 5.91. The summed E-state index contributed by atoms with van der Waals surface area (Å²) in [6.45, 7) is 0. The van der Waals surface area contributed by atoms with Crippen LogP contribution >= 0.6 is 0 Å². The zero-order valence-corrected chi connectivity index (χ0v) is 21.5. The molecule has 5 aromatic rings. The molecule has 0 spiro atoms. The van der Waals surface area contributed by atoms with Crippen molar-refractivity contribution in [1.82, 2.24) is 9.71 Å². The summed E-state index contributed by atoms with van der Waals surface area (Å²) in [5.74, 6) is 0. The monoisotopic (exact) mass is 539 g/mol. The molecule has 4 N–H and O–H groups in total. The predicted octanol–water partition coefficient (Wildman–Crippen LogP) is 3.87. The van der Waals surface area contributed by atoms with Gasteiger partial charge in [-0.1, -0.05) is 66.7 Å². The maximum atomic E-state index is 13.6. The first-order chi connectivity index (χ1) is 18.7. The molecule has 2 atom stereocenters. The number of fused-ring (bicyclic) bond motifs is 2. The third-order valence-electron chi connectivity index (χ3n) is 6.56. The van der Waals surface area contributed by atoms with E-state index in [1.807, 2.05) is 24.3 Å². The Kier molecular flexibility index (Phi) is 7.39. The lowest BCUT2D eigenvalue weighted by molar-refractivity contribution is -0.0461. The third-order valence-corrected chi connectivity index (χ3v) is 8.05. The maximum absolute atomic E-state index is 13.6. The van der Waals surface area contributed by atoms with Crippen molar-refractivity contribution < 1.29 is 23.7 Å². The fraction of sp³-hybridized carbons (Fsp3) is 0.133. The maximum Gasteiger partial charge on any atom is 0.240 e. The van der Waals surface area contributed by atoms with Gasteiger partial charge >= 0.3 is 0 Å². The Labute approximate surface area is 225 Å². The zero-order valence-electron chi connectivity index (χ0n) is 20.6. The summed E-state index contributed by atoms with van der Waals surface area (Å²) in [6, 6.07) is 28.3. The Morgan fingerprint density at radius 3 is 2.28 bits per heavy atom. The highest BCUT2D eigenvalue weighted by Crippen LogP contribution is 2.30. The molecule has 0 bridgehead atoms. The van der Waals surface area contributed by atoms with E-state index in [9.17, 15) is 29.0 Å². The van der Waals surface area contributed by atoms with E-state index in [-0.39, 0.29) is 22.7 Å². The second-order valence-corrected chi connectivity index (χ2v) is 10.9. The van der Waals surface area contributed by atoms with Gasteiger partial charge in [0.15, 0.2) is 6.29 Å². The SMILES string of the molecule is N#Cc1cccc(C[C@H](NS(=O)(=O)c2ccc3ccccc3c2)C(O)c2nc(C(O)O)cc3ccccc23)c1. The molecule has 0 radical (unpaired) electrons. The number of aromatic nitrogens is 1. The van der Waals surface area contributed by atoms with Crippen molar-refractivity contribution >= 4 is 31.6 Å². The van der Waals surface area contributed by atoms with E-state index < -0.39 is 28.5 Å². The minimum absolute atomic E-state index is 0.0292. The molecule has 0 aliphatic heterocycles. The van der Waals surface area contributed by atoms with Crippen LogP contribution in [0.15, 0.2) is 102 Å². The summed E-state index contributed by atoms with van der Waals surface area (Å²) in [5.41, 5.74) is 1.04. The van der Waals surface area contributed by atoms with Crippen LogP contribution in [0.2, 0.25) is 0 Å². The fourth-order valence-electron chi connectivity index (χ4n) is 4.64. The van der Waals surface area contributed by atoms with Crippen LogP contribution < -0.4 is 4.72 Å². The largest absolute Gasteiger partial charge is 0.385 e. The number of pyridine rings is 1. The number of aliphatic hydroxyl groups is 3. The van der Waals surface area contributed by atoms with Crippen LogP contribution in [0.3, 0.4) is 0 Å². The first-order valence-corrected chi connectivity index (χ1v) is 13.7. The van der Waals surface area contributed by atoms with Crippen LogP contribution in [-0.2, 0) is 16.4 Å². The van der Waals surface area contributed by atoms with Crippen molar-refractivity contribution in [3.8, 4) is 6.07 Å². The molecule has 1 heterocycles. The van der Waals surface area contributed by atoms with Crippen LogP contribution in [0, 0.1) is 11.3 Å². The van der Waals surface area contributed by atoms with Crippen molar-refractivity contribution in [3.63, 3.8) is 0 Å². The first kappa shape index (κ1) is 26.4. The van der Waals surface area contributed by atoms with Gasteiger partial charge in [-0.15, -0.1) is 0 Å². The van der Waals surface area contributed by atoms with Crippen molar-refractivity contribution in [2.24, 2.45) is 0 Å². The van der Waals surface area contributed by atoms with E-state index in [2.05, 4.69) is 15.8 Å². The molecule has 0 amide bonds. The minimum atomic E-state index is -4.12. The number of nitrogens with zero attached hydrogens (tertiary/aromatic N) is 2. The molecule has 8 nitrogen and oxygen atoms in total. The Bertz CT molecular complexity index is 1820. The number of nitrogens with one attached hydrogen (secondary N) is 1. The van der Waals surface area contributed by atoms with Crippen LogP contribution in [0.1, 0.15) is 34.9 Å². The van der Waals surface area contributed by atoms with E-state index in [1.165, 1.54) is 12.1 Å². The highest BCUT2D eigenvalue weighted by atomic mass is 32.2. The molecule has 1 aromatic heterocycles. The molecular weight excluding hydrogens is 514 g/mol. The molecule has 196 valence electrons. The standard InChI is InChI=1S/C30H25N3O5S/c31-18-20-7-5-6-19(14-20)15-26(33-39(37,38)24-13-12-21-8-1-2-9-22(21)16-24)29(34)28-25-11-4-3-10-23(25)17-27(32-28)30(35)36/h1-14,16-17,26,29-30,33-36H,15H2/t26-,29?/m0/s1. The molecule has 1 unspecified atom stereocenters. The number of hydrogen-bond donors (Lipinski definition) is 4. The molecule has 9 heteroatoms. The Hall–Kier alpha value is -4.17. The Morgan fingerprint density at radius 1 is 0.821 bits per heavy atom. The summed E-state index contributed by atoms with van der Waals surface area (Å²) < 4.78 is 29.8. The summed E-state index contributed by atoms with van der Waals surface area (Å²) in [7, 11) is -4.12. The highest BCUT2D eigenvalue weighted by molar-refractivity contribution is 7.89. The van der Waals surface area contributed by atoms with Gasteiger partial charge < -0.3 is 15.3 Å². The number of nitriles is 1. The van der Waals surface area contributed by atoms with Crippen molar-refractivity contribution in [2.45, 2.75) is 29.8 Å². The number of benzene rings is 4. The predicted molar refractivity (Wildman–Crippen MR) is 147 cm³/mol. The number of rotatable bonds is 8. The first-order valence-electron chi connectivity index (χ1n) is 12.2. The second-order valence-electron chi connectivity index (χ2n) is 9.23. The normalized spacial score (nSPS) is 13.4. The van der Waals surface area contributed by atoms with Crippen LogP contribution in [0.25, 0.3) is 21.5 Å². The average Bonchev–Trinajstić information content (AvgIpc) is 2.95. The van der Waals surface area contributed by atoms with Gasteiger partial charge in [0.05, 0.1) is 34.0 Å². The molecule has 0 saturated carbocycles. The van der Waals surface area contributed by atoms with Crippen molar-refractivity contribution in [3.05, 3.63) is 120 Å². The van der Waals surface area contributed by atoms with E-state index in [0.717, 1.165) is 10.8 Å². The Balaban J connectivity index is 1.59. The number of hydrogen-bond acceptors (Lipinski definition) is 7. The average molecular weight is 540 g/mol. The van der Waals surface area contributed by atoms with Gasteiger partial charge in [0.2, 0.25) is 10.0 Å². The van der Waals surface area contributed by atoms with Gasteiger partial charge in [0.1, 0.15) is 6.10 Å². The quantitative estimate of drug-likeness (QED) is 0.219. The summed E-state index contributed by atoms with van der Waals surface area (Å²) in [5, 5.41) is 43.4. The molecule has 4 aromatic carbocycles. The van der Waals surface area contributed by atoms with Gasteiger partial charge in [-0.2, -0.15) is 5.26 Å². The highest BCUT2D eigenvalue weighted by Gasteiger charge is 2.30. The minimum Gasteiger partial charge on any atom is -0.385 e. The van der Waals surface area contributed by atoms with Crippen LogP contribution in [-0.4, -0.2) is 34.8 Å². The molecule has 0 aliphatic carbocycles. The number of sulfonamides is 1. The van der Waals surface area contributed by atoms with Gasteiger partial charge in [-0.05, 0) is 58.5 Å². The van der Waals surface area contributed by atoms with E-state index >= 15 is 0 Å². The molecule has 5 rings (SSSR count). The second kappa shape index (κ2) is 10.9. The van der Waals surface area contributed by atoms with Crippen molar-refractivity contribution in [2.75, 3.05) is 0 Å². The van der Waals surface area contributed by atoms with Gasteiger partial charge in [-0.3, -0.25) is 0 Å². The molecule has 0 aliphatic rings. The molecular formula is C30H25N3O5S. The van der Waals surface area contributed by atoms with E-state index in [4.69, 9.17) is 0 Å². The summed E-state index contributed by atoms with van der Waals surface area (Å²) in [6.07, 6.45) is -3.33. The Morgan fingerprint density at radius 2 is 1.54 bits per heavy atom. The van der Waals surface area contributed by atoms with Gasteiger partial charge in [-0.25, -0.2) is 18.1 Å². The van der Waals surface area contributed by atoms with Gasteiger partial charge in [0.25, 0.3) is 0 Å². The molecule has 0 saturated heterocycles. The lowest BCUT2D eigenvalue weighted by atomic mass is 9.96. The van der Waals surface area contributed by atoms with Gasteiger partial charge in [0, 0.05) is 5.39 Å². The topological polar surface area (TPSA) is 144 Å². The lowest BCUT2D eigenvalue weighted by Gasteiger charge is -2.25. The number of aliphatic hydroxyl groups excluding tert-OH is 2. The van der Waals surface area contributed by atoms with E-state index in [1.54, 1.807) is 60.7 Å². The molecule has 0 fully saturated rings. The molecule has 39 heavy (non-hydrogen) atoms. The van der Waals surface area contributed by atoms with Crippen LogP contribution in [0.5, 0.6) is 0 Å². The van der Waals surface area contributed by atoms with E-state index in [0.29, 0.717) is 21.9 Å². The zero-order chi connectivity index (χ0) is 27.6. The lowest BCUT2D eigenvalue weighted by Crippen LogP contribution is -2.41. The summed E-state index contributed by atoms with van der Waals surface area (Å²) >= 11 is 0. The summed E-state index contributed by atoms with van der Waals surface area (Å²) in [4.78, 5) is 4.33.